The number of hydrogen-bond acceptors (Lipinski definition) is 4. The van der Waals surface area contributed by atoms with Gasteiger partial charge in [-0.1, -0.05) is 23.7 Å². The SMILES string of the molecule is COc1cccc(C(O)CNC(=O)Cc2c(C)nn(C)c2Cl)c1. The molecule has 0 bridgehead atoms. The summed E-state index contributed by atoms with van der Waals surface area (Å²) >= 11 is 6.11. The van der Waals surface area contributed by atoms with Crippen LogP contribution in [-0.2, 0) is 18.3 Å². The number of aromatic nitrogens is 2. The molecule has 1 heterocycles. The van der Waals surface area contributed by atoms with Crippen molar-refractivity contribution in [1.29, 1.82) is 0 Å². The van der Waals surface area contributed by atoms with Crippen molar-refractivity contribution in [3.63, 3.8) is 0 Å². The lowest BCUT2D eigenvalue weighted by molar-refractivity contribution is -0.120. The number of carbonyl (C=O) groups is 1. The summed E-state index contributed by atoms with van der Waals surface area (Å²) in [6, 6.07) is 7.10. The molecule has 0 fully saturated rings. The van der Waals surface area contributed by atoms with Crippen molar-refractivity contribution in [1.82, 2.24) is 15.1 Å². The lowest BCUT2D eigenvalue weighted by Gasteiger charge is -2.13. The Kier molecular flexibility index (Phi) is 5.63. The molecule has 2 aromatic rings. The first-order valence-corrected chi connectivity index (χ1v) is 7.57. The summed E-state index contributed by atoms with van der Waals surface area (Å²) in [5.74, 6) is 0.440. The van der Waals surface area contributed by atoms with Crippen molar-refractivity contribution in [2.75, 3.05) is 13.7 Å². The Balaban J connectivity index is 1.93. The number of rotatable bonds is 6. The maximum atomic E-state index is 12.0. The first-order valence-electron chi connectivity index (χ1n) is 7.19. The zero-order valence-electron chi connectivity index (χ0n) is 13.3. The summed E-state index contributed by atoms with van der Waals surface area (Å²) in [5.41, 5.74) is 2.10. The highest BCUT2D eigenvalue weighted by Gasteiger charge is 2.16. The first-order chi connectivity index (χ1) is 10.9. The van der Waals surface area contributed by atoms with Crippen molar-refractivity contribution < 1.29 is 14.6 Å². The molecule has 0 aliphatic carbocycles. The van der Waals surface area contributed by atoms with E-state index in [0.29, 0.717) is 22.0 Å². The molecule has 23 heavy (non-hydrogen) atoms. The third kappa shape index (κ3) is 4.24. The van der Waals surface area contributed by atoms with Crippen LogP contribution in [0.2, 0.25) is 5.15 Å². The molecule has 0 spiro atoms. The van der Waals surface area contributed by atoms with Crippen LogP contribution in [0.3, 0.4) is 0 Å². The maximum Gasteiger partial charge on any atom is 0.224 e. The van der Waals surface area contributed by atoms with Crippen LogP contribution in [0.1, 0.15) is 22.9 Å². The molecule has 0 aliphatic heterocycles. The highest BCUT2D eigenvalue weighted by molar-refractivity contribution is 6.30. The van der Waals surface area contributed by atoms with Gasteiger partial charge in [-0.2, -0.15) is 5.10 Å². The minimum absolute atomic E-state index is 0.114. The van der Waals surface area contributed by atoms with Crippen LogP contribution in [0.5, 0.6) is 5.75 Å². The van der Waals surface area contributed by atoms with E-state index in [-0.39, 0.29) is 18.9 Å². The molecule has 2 N–H and O–H groups in total. The highest BCUT2D eigenvalue weighted by Crippen LogP contribution is 2.20. The number of ether oxygens (including phenoxy) is 1. The van der Waals surface area contributed by atoms with E-state index in [9.17, 15) is 9.90 Å². The summed E-state index contributed by atoms with van der Waals surface area (Å²) in [7, 11) is 3.29. The summed E-state index contributed by atoms with van der Waals surface area (Å²) in [5, 5.41) is 17.5. The van der Waals surface area contributed by atoms with Crippen molar-refractivity contribution in [2.24, 2.45) is 7.05 Å². The second-order valence-electron chi connectivity index (χ2n) is 5.25. The average molecular weight is 338 g/mol. The number of hydrogen-bond donors (Lipinski definition) is 2. The van der Waals surface area contributed by atoms with Gasteiger partial charge in [0.15, 0.2) is 0 Å². The summed E-state index contributed by atoms with van der Waals surface area (Å²) in [6.45, 7) is 1.92. The van der Waals surface area contributed by atoms with E-state index in [1.807, 2.05) is 0 Å². The Morgan fingerprint density at radius 1 is 1.52 bits per heavy atom. The van der Waals surface area contributed by atoms with Crippen LogP contribution in [0, 0.1) is 6.92 Å². The highest BCUT2D eigenvalue weighted by atomic mass is 35.5. The predicted octanol–water partition coefficient (Wildman–Crippen LogP) is 1.78. The van der Waals surface area contributed by atoms with Crippen molar-refractivity contribution in [2.45, 2.75) is 19.4 Å². The van der Waals surface area contributed by atoms with E-state index < -0.39 is 6.10 Å². The van der Waals surface area contributed by atoms with Crippen molar-refractivity contribution in [3.8, 4) is 5.75 Å². The fraction of sp³-hybridized carbons (Fsp3) is 0.375. The van der Waals surface area contributed by atoms with Gasteiger partial charge in [0.1, 0.15) is 10.9 Å². The number of nitrogens with one attached hydrogen (secondary N) is 1. The van der Waals surface area contributed by atoms with E-state index in [1.165, 1.54) is 4.68 Å². The van der Waals surface area contributed by atoms with E-state index in [2.05, 4.69) is 10.4 Å². The number of methoxy groups -OCH3 is 1. The van der Waals surface area contributed by atoms with E-state index in [4.69, 9.17) is 16.3 Å². The van der Waals surface area contributed by atoms with Crippen molar-refractivity contribution in [3.05, 3.63) is 46.2 Å². The smallest absolute Gasteiger partial charge is 0.224 e. The minimum atomic E-state index is -0.806. The number of benzene rings is 1. The third-order valence-corrected chi connectivity index (χ3v) is 4.05. The second kappa shape index (κ2) is 7.48. The standard InChI is InChI=1S/C16H20ClN3O3/c1-10-13(16(17)20(2)19-10)8-15(22)18-9-14(21)11-5-4-6-12(7-11)23-3/h4-7,14,21H,8-9H2,1-3H3,(H,18,22). The lowest BCUT2D eigenvalue weighted by Crippen LogP contribution is -2.29. The van der Waals surface area contributed by atoms with Gasteiger partial charge in [-0.25, -0.2) is 0 Å². The van der Waals surface area contributed by atoms with E-state index >= 15 is 0 Å². The molecule has 0 saturated heterocycles. The normalized spacial score (nSPS) is 12.0. The Bertz CT molecular complexity index is 700. The quantitative estimate of drug-likeness (QED) is 0.842. The van der Waals surface area contributed by atoms with Crippen LogP contribution in [0.4, 0.5) is 0 Å². The number of amides is 1. The van der Waals surface area contributed by atoms with Gasteiger partial charge in [0.2, 0.25) is 5.91 Å². The number of carbonyl (C=O) groups excluding carboxylic acids is 1. The summed E-state index contributed by atoms with van der Waals surface area (Å²) in [4.78, 5) is 12.0. The zero-order chi connectivity index (χ0) is 17.0. The Hall–Kier alpha value is -2.05. The zero-order valence-corrected chi connectivity index (χ0v) is 14.1. The predicted molar refractivity (Wildman–Crippen MR) is 87.6 cm³/mol. The van der Waals surface area contributed by atoms with Crippen molar-refractivity contribution >= 4 is 17.5 Å². The third-order valence-electron chi connectivity index (χ3n) is 3.58. The number of halogens is 1. The van der Waals surface area contributed by atoms with Gasteiger partial charge in [-0.15, -0.1) is 0 Å². The van der Waals surface area contributed by atoms with Gasteiger partial charge < -0.3 is 15.2 Å². The fourth-order valence-corrected chi connectivity index (χ4v) is 2.52. The summed E-state index contributed by atoms with van der Waals surface area (Å²) < 4.78 is 6.65. The van der Waals surface area contributed by atoms with Gasteiger partial charge in [0, 0.05) is 19.2 Å². The second-order valence-corrected chi connectivity index (χ2v) is 5.61. The fourth-order valence-electron chi connectivity index (χ4n) is 2.27. The first kappa shape index (κ1) is 17.3. The molecule has 0 saturated carbocycles. The number of aliphatic hydroxyl groups is 1. The van der Waals surface area contributed by atoms with Crippen LogP contribution in [-0.4, -0.2) is 34.4 Å². The van der Waals surface area contributed by atoms with Gasteiger partial charge in [0.25, 0.3) is 0 Å². The molecule has 0 aliphatic rings. The number of nitrogens with zero attached hydrogens (tertiary/aromatic N) is 2. The van der Waals surface area contributed by atoms with E-state index in [0.717, 1.165) is 5.69 Å². The van der Waals surface area contributed by atoms with Crippen LogP contribution in [0.15, 0.2) is 24.3 Å². The summed E-state index contributed by atoms with van der Waals surface area (Å²) in [6.07, 6.45) is -0.678. The molecule has 1 amide bonds. The molecule has 1 aromatic carbocycles. The van der Waals surface area contributed by atoms with Crippen LogP contribution in [0.25, 0.3) is 0 Å². The Morgan fingerprint density at radius 2 is 2.26 bits per heavy atom. The molecule has 124 valence electrons. The average Bonchev–Trinajstić information content (AvgIpc) is 2.79. The molecule has 7 heteroatoms. The van der Waals surface area contributed by atoms with Gasteiger partial charge in [-0.3, -0.25) is 9.48 Å². The molecule has 1 atom stereocenters. The molecule has 6 nitrogen and oxygen atoms in total. The van der Waals surface area contributed by atoms with E-state index in [1.54, 1.807) is 45.3 Å². The number of aryl methyl sites for hydroxylation is 2. The minimum Gasteiger partial charge on any atom is -0.497 e. The molecular weight excluding hydrogens is 318 g/mol. The van der Waals surface area contributed by atoms with Gasteiger partial charge in [0.05, 0.1) is 25.3 Å². The number of aliphatic hydroxyl groups excluding tert-OH is 1. The molecular formula is C16H20ClN3O3. The van der Waals surface area contributed by atoms with Gasteiger partial charge in [-0.05, 0) is 24.6 Å². The molecule has 1 unspecified atom stereocenters. The molecule has 2 rings (SSSR count). The Morgan fingerprint density at radius 3 is 2.87 bits per heavy atom. The largest absolute Gasteiger partial charge is 0.497 e. The molecule has 1 aromatic heterocycles. The topological polar surface area (TPSA) is 76.4 Å². The Labute approximate surface area is 140 Å². The molecule has 0 radical (unpaired) electrons. The van der Waals surface area contributed by atoms with Gasteiger partial charge >= 0.3 is 0 Å². The maximum absolute atomic E-state index is 12.0. The monoisotopic (exact) mass is 337 g/mol. The van der Waals surface area contributed by atoms with Crippen LogP contribution >= 0.6 is 11.6 Å². The van der Waals surface area contributed by atoms with Crippen LogP contribution < -0.4 is 10.1 Å². The lowest BCUT2D eigenvalue weighted by atomic mass is 10.1.